The van der Waals surface area contributed by atoms with Gasteiger partial charge in [-0.25, -0.2) is 19.0 Å². The fourth-order valence-corrected chi connectivity index (χ4v) is 3.78. The van der Waals surface area contributed by atoms with Crippen molar-refractivity contribution in [2.45, 2.75) is 10.8 Å². The molecule has 9 nitrogen and oxygen atoms in total. The Kier molecular flexibility index (Phi) is 4.47. The van der Waals surface area contributed by atoms with Crippen molar-refractivity contribution in [3.8, 4) is 0 Å². The smallest absolute Gasteiger partial charge is 0.306 e. The molecule has 0 unspecified atom stereocenters. The number of hydrazine groups is 1. The van der Waals surface area contributed by atoms with Crippen molar-refractivity contribution in [3.63, 3.8) is 0 Å². The molecule has 21 heavy (non-hydrogen) atoms. The number of nitro groups is 1. The molecule has 2 aromatic heterocycles. The average molecular weight is 329 g/mol. The SMILES string of the molecule is NNc1sc(S(=O)(=O)NCc2cccnc2)cc1[N+](=O)[O-]. The van der Waals surface area contributed by atoms with Gasteiger partial charge in [0.2, 0.25) is 0 Å². The van der Waals surface area contributed by atoms with E-state index < -0.39 is 14.9 Å². The summed E-state index contributed by atoms with van der Waals surface area (Å²) in [5.74, 6) is 5.14. The third-order valence-corrected chi connectivity index (χ3v) is 5.40. The molecule has 0 aliphatic carbocycles. The van der Waals surface area contributed by atoms with Crippen molar-refractivity contribution in [2.24, 2.45) is 5.84 Å². The minimum absolute atomic E-state index is 0.0262. The number of anilines is 1. The van der Waals surface area contributed by atoms with Gasteiger partial charge in [-0.3, -0.25) is 15.1 Å². The van der Waals surface area contributed by atoms with Crippen molar-refractivity contribution in [3.05, 3.63) is 46.3 Å². The lowest BCUT2D eigenvalue weighted by atomic mass is 10.3. The fourth-order valence-electron chi connectivity index (χ4n) is 1.48. The summed E-state index contributed by atoms with van der Waals surface area (Å²) in [7, 11) is -3.86. The van der Waals surface area contributed by atoms with Crippen molar-refractivity contribution in [1.29, 1.82) is 0 Å². The molecule has 0 fully saturated rings. The van der Waals surface area contributed by atoms with Crippen LogP contribution in [0.2, 0.25) is 0 Å². The van der Waals surface area contributed by atoms with Crippen LogP contribution in [0.1, 0.15) is 5.56 Å². The lowest BCUT2D eigenvalue weighted by molar-refractivity contribution is -0.383. The van der Waals surface area contributed by atoms with E-state index in [0.29, 0.717) is 16.9 Å². The number of aromatic nitrogens is 1. The van der Waals surface area contributed by atoms with E-state index in [0.717, 1.165) is 6.07 Å². The van der Waals surface area contributed by atoms with Crippen LogP contribution in [0.3, 0.4) is 0 Å². The topological polar surface area (TPSA) is 140 Å². The predicted octanol–water partition coefficient (Wildman–Crippen LogP) is 0.815. The minimum Gasteiger partial charge on any atom is -0.310 e. The Balaban J connectivity index is 2.22. The number of nitrogens with zero attached hydrogens (tertiary/aromatic N) is 2. The number of thiophene rings is 1. The summed E-state index contributed by atoms with van der Waals surface area (Å²) < 4.78 is 26.4. The summed E-state index contributed by atoms with van der Waals surface area (Å²) in [6, 6.07) is 4.35. The first kappa shape index (κ1) is 15.3. The summed E-state index contributed by atoms with van der Waals surface area (Å²) in [6.45, 7) is 0.0350. The van der Waals surface area contributed by atoms with Gasteiger partial charge in [-0.1, -0.05) is 17.4 Å². The van der Waals surface area contributed by atoms with E-state index in [2.05, 4.69) is 15.1 Å². The van der Waals surface area contributed by atoms with Crippen molar-refractivity contribution < 1.29 is 13.3 Å². The molecule has 2 heterocycles. The lowest BCUT2D eigenvalue weighted by Crippen LogP contribution is -2.22. The highest BCUT2D eigenvalue weighted by atomic mass is 32.2. The number of hydrogen-bond donors (Lipinski definition) is 3. The zero-order chi connectivity index (χ0) is 15.5. The van der Waals surface area contributed by atoms with Crippen molar-refractivity contribution in [1.82, 2.24) is 9.71 Å². The van der Waals surface area contributed by atoms with Gasteiger partial charge < -0.3 is 5.43 Å². The molecule has 0 saturated carbocycles. The summed E-state index contributed by atoms with van der Waals surface area (Å²) in [5, 5.41) is 10.8. The molecule has 2 rings (SSSR count). The number of pyridine rings is 1. The van der Waals surface area contributed by atoms with Crippen LogP contribution in [0.15, 0.2) is 34.8 Å². The number of nitrogens with one attached hydrogen (secondary N) is 2. The van der Waals surface area contributed by atoms with Crippen LogP contribution in [0, 0.1) is 10.1 Å². The molecule has 0 aliphatic heterocycles. The molecule has 0 amide bonds. The molecule has 4 N–H and O–H groups in total. The maximum Gasteiger partial charge on any atom is 0.306 e. The van der Waals surface area contributed by atoms with E-state index in [1.807, 2.05) is 0 Å². The van der Waals surface area contributed by atoms with Gasteiger partial charge in [-0.15, -0.1) is 0 Å². The highest BCUT2D eigenvalue weighted by Gasteiger charge is 2.25. The third kappa shape index (κ3) is 3.52. The maximum absolute atomic E-state index is 12.1. The minimum atomic E-state index is -3.86. The average Bonchev–Trinajstić information content (AvgIpc) is 2.92. The van der Waals surface area contributed by atoms with Crippen LogP contribution in [-0.2, 0) is 16.6 Å². The number of rotatable bonds is 6. The molecule has 0 saturated heterocycles. The molecule has 0 aliphatic rings. The standard InChI is InChI=1S/C10H11N5O4S2/c11-14-10-8(15(16)17)4-9(20-10)21(18,19)13-6-7-2-1-3-12-5-7/h1-5,13-14H,6,11H2. The Morgan fingerprint density at radius 1 is 1.48 bits per heavy atom. The normalized spacial score (nSPS) is 11.3. The third-order valence-electron chi connectivity index (χ3n) is 2.47. The molecule has 0 bridgehead atoms. The fraction of sp³-hybridized carbons (Fsp3) is 0.100. The number of hydrogen-bond acceptors (Lipinski definition) is 8. The first-order chi connectivity index (χ1) is 9.94. The first-order valence-corrected chi connectivity index (χ1v) is 7.87. The Bertz CT molecular complexity index is 744. The van der Waals surface area contributed by atoms with Gasteiger partial charge in [0.05, 0.1) is 4.92 Å². The Morgan fingerprint density at radius 3 is 2.76 bits per heavy atom. The monoisotopic (exact) mass is 329 g/mol. The van der Waals surface area contributed by atoms with Gasteiger partial charge >= 0.3 is 5.69 Å². The Morgan fingerprint density at radius 2 is 2.24 bits per heavy atom. The van der Waals surface area contributed by atoms with Crippen LogP contribution in [-0.4, -0.2) is 18.3 Å². The zero-order valence-corrected chi connectivity index (χ0v) is 12.1. The van der Waals surface area contributed by atoms with Gasteiger partial charge in [0.15, 0.2) is 5.00 Å². The molecule has 112 valence electrons. The molecular weight excluding hydrogens is 318 g/mol. The molecule has 0 radical (unpaired) electrons. The van der Waals surface area contributed by atoms with Gasteiger partial charge in [-0.2, -0.15) is 0 Å². The van der Waals surface area contributed by atoms with Crippen LogP contribution in [0.5, 0.6) is 0 Å². The van der Waals surface area contributed by atoms with Crippen LogP contribution in [0.4, 0.5) is 10.7 Å². The molecular formula is C10H11N5O4S2. The van der Waals surface area contributed by atoms with Gasteiger partial charge in [0.25, 0.3) is 10.0 Å². The molecule has 0 aromatic carbocycles. The first-order valence-electron chi connectivity index (χ1n) is 5.57. The van der Waals surface area contributed by atoms with Crippen LogP contribution >= 0.6 is 11.3 Å². The molecule has 0 spiro atoms. The largest absolute Gasteiger partial charge is 0.310 e. The summed E-state index contributed by atoms with van der Waals surface area (Å²) >= 11 is 0.686. The predicted molar refractivity (Wildman–Crippen MR) is 77.0 cm³/mol. The highest BCUT2D eigenvalue weighted by Crippen LogP contribution is 2.36. The number of sulfonamides is 1. The van der Waals surface area contributed by atoms with Crippen LogP contribution < -0.4 is 16.0 Å². The van der Waals surface area contributed by atoms with E-state index in [-0.39, 0.29) is 21.4 Å². The quantitative estimate of drug-likeness (QED) is 0.404. The Labute approximate surface area is 124 Å². The summed E-state index contributed by atoms with van der Waals surface area (Å²) in [4.78, 5) is 14.0. The number of nitrogens with two attached hydrogens (primary N) is 1. The van der Waals surface area contributed by atoms with E-state index in [9.17, 15) is 18.5 Å². The van der Waals surface area contributed by atoms with Gasteiger partial charge in [0, 0.05) is 25.0 Å². The highest BCUT2D eigenvalue weighted by molar-refractivity contribution is 7.91. The van der Waals surface area contributed by atoms with E-state index in [4.69, 9.17) is 5.84 Å². The van der Waals surface area contributed by atoms with Crippen molar-refractivity contribution >= 4 is 32.0 Å². The van der Waals surface area contributed by atoms with E-state index in [1.54, 1.807) is 18.3 Å². The Hall–Kier alpha value is -2.08. The summed E-state index contributed by atoms with van der Waals surface area (Å²) in [5.41, 5.74) is 2.40. The zero-order valence-electron chi connectivity index (χ0n) is 10.5. The second-order valence-electron chi connectivity index (χ2n) is 3.87. The lowest BCUT2D eigenvalue weighted by Gasteiger charge is -2.03. The van der Waals surface area contributed by atoms with Crippen molar-refractivity contribution in [2.75, 3.05) is 5.43 Å². The van der Waals surface area contributed by atoms with E-state index >= 15 is 0 Å². The molecule has 11 heteroatoms. The second kappa shape index (κ2) is 6.13. The second-order valence-corrected chi connectivity index (χ2v) is 6.91. The van der Waals surface area contributed by atoms with Crippen LogP contribution in [0.25, 0.3) is 0 Å². The summed E-state index contributed by atoms with van der Waals surface area (Å²) in [6.07, 6.45) is 3.09. The van der Waals surface area contributed by atoms with E-state index in [1.165, 1.54) is 6.20 Å². The maximum atomic E-state index is 12.1. The molecule has 2 aromatic rings. The number of nitrogen functional groups attached to an aromatic ring is 1. The molecule has 0 atom stereocenters. The van der Waals surface area contributed by atoms with Gasteiger partial charge in [-0.05, 0) is 11.6 Å². The van der Waals surface area contributed by atoms with Gasteiger partial charge in [0.1, 0.15) is 4.21 Å².